The van der Waals surface area contributed by atoms with Gasteiger partial charge in [-0.2, -0.15) is 0 Å². The predicted octanol–water partition coefficient (Wildman–Crippen LogP) is 0.120. The quantitative estimate of drug-likeness (QED) is 0.0181. The number of aromatic nitrogens is 2. The maximum absolute atomic E-state index is 15.7. The van der Waals surface area contributed by atoms with Gasteiger partial charge < -0.3 is 76.1 Å². The van der Waals surface area contributed by atoms with E-state index >= 15 is 4.39 Å². The third kappa shape index (κ3) is 15.8. The number of unbranched alkanes of at least 4 members (excludes halogenated alkanes) is 2. The summed E-state index contributed by atoms with van der Waals surface area (Å²) in [5.41, 5.74) is 3.50. The molecule has 27 heteroatoms. The summed E-state index contributed by atoms with van der Waals surface area (Å²) in [5, 5.41) is 74.3. The van der Waals surface area contributed by atoms with Gasteiger partial charge in [-0.25, -0.2) is 14.2 Å². The molecule has 0 spiro atoms. The molecule has 1 aromatic carbocycles. The Hall–Kier alpha value is -7.27. The number of nitrogens with zero attached hydrogens (tertiary/aromatic N) is 3. The van der Waals surface area contributed by atoms with Crippen LogP contribution in [-0.4, -0.2) is 162 Å². The summed E-state index contributed by atoms with van der Waals surface area (Å²) in [6.07, 6.45) is -6.50. The second-order valence-electron chi connectivity index (χ2n) is 21.9. The number of aliphatic hydroxyl groups is 6. The van der Waals surface area contributed by atoms with Gasteiger partial charge in [-0.15, -0.1) is 5.06 Å². The van der Waals surface area contributed by atoms with E-state index in [1.54, 1.807) is 38.3 Å². The van der Waals surface area contributed by atoms with Crippen molar-refractivity contribution in [1.82, 2.24) is 41.2 Å². The SMILES string of the molecule is C=C1OCc2c(cc3n(c2=O)Cc2c-3nc3cc(F)c(C)c(CCCCOCNC(=O)[C@H](C)NC(=O)[C@@H](NC(=O)[C@H](CCC(=O)NC[C@H](O)[C@@H](O)[C@H](O)[C@H](O)CO)NC(=O)CCCCC(=O)ON4C(=O)CCC4=O)C(C)C)c3c2CC)[C@@]1(O)CC. The standard InChI is InChI=1S/C58H79FN8O18/c1-8-33-35-25-66-41(22-37-36(57(66)81)27-84-32(7)58(37,82)9-2)51(35)64-40-23-38(59)30(5)34(49(33)40)14-12-13-21-83-28-61-54(78)31(6)62-56(80)50(29(3)4)65-55(79)39(17-18-44(71)60-24-42(69)52(76)53(77)43(70)26-68)63-45(72)15-10-11-16-48(75)85-67-46(73)19-20-47(67)74/h22-23,29,31,39,42-43,50,52-53,68-70,76-77,82H,7-21,24-28H2,1-6H3,(H,60,71)(H,61,78)(H,62,80)(H,63,72)(H,65,79)/t31-,39-,42-,43+,50-,52+,53+,58+/m0/s1. The van der Waals surface area contributed by atoms with Crippen molar-refractivity contribution in [2.75, 3.05) is 26.5 Å². The van der Waals surface area contributed by atoms with Gasteiger partial charge in [0.05, 0.1) is 41.7 Å². The average molecular weight is 1200 g/mol. The Morgan fingerprint density at radius 1 is 0.835 bits per heavy atom. The number of fused-ring (bicyclic) bond motifs is 5. The summed E-state index contributed by atoms with van der Waals surface area (Å²) in [5.74, 6) is -6.82. The highest BCUT2D eigenvalue weighted by Gasteiger charge is 2.42. The second kappa shape index (κ2) is 29.7. The molecule has 0 unspecified atom stereocenters. The highest BCUT2D eigenvalue weighted by Crippen LogP contribution is 2.44. The molecule has 85 heavy (non-hydrogen) atoms. The van der Waals surface area contributed by atoms with E-state index in [4.69, 9.17) is 24.4 Å². The summed E-state index contributed by atoms with van der Waals surface area (Å²) >= 11 is 0. The number of nitrogens with one attached hydrogen (secondary N) is 5. The third-order valence-corrected chi connectivity index (χ3v) is 15.6. The monoisotopic (exact) mass is 1190 g/mol. The van der Waals surface area contributed by atoms with E-state index < -0.39 is 127 Å². The number of imide groups is 1. The normalized spacial score (nSPS) is 17.9. The summed E-state index contributed by atoms with van der Waals surface area (Å²) in [6, 6.07) is -0.681. The summed E-state index contributed by atoms with van der Waals surface area (Å²) < 4.78 is 28.7. The lowest BCUT2D eigenvalue weighted by Crippen LogP contribution is -2.58. The molecule has 2 aromatic heterocycles. The fraction of sp³-hybridized carbons (Fsp3) is 0.586. The molecule has 0 aliphatic carbocycles. The zero-order chi connectivity index (χ0) is 62.6. The summed E-state index contributed by atoms with van der Waals surface area (Å²) in [7, 11) is 0. The number of carbonyl (C=O) groups excluding carboxylic acids is 8. The number of benzene rings is 1. The maximum atomic E-state index is 15.7. The van der Waals surface area contributed by atoms with Crippen LogP contribution in [-0.2, 0) is 84.3 Å². The molecule has 7 amide bonds. The minimum atomic E-state index is -1.97. The van der Waals surface area contributed by atoms with Crippen LogP contribution in [0, 0.1) is 18.7 Å². The largest absolute Gasteiger partial charge is 0.490 e. The van der Waals surface area contributed by atoms with Crippen molar-refractivity contribution in [2.45, 2.75) is 186 Å². The van der Waals surface area contributed by atoms with Crippen LogP contribution in [0.4, 0.5) is 4.39 Å². The molecular weight excluding hydrogens is 1120 g/mol. The van der Waals surface area contributed by atoms with E-state index in [0.717, 1.165) is 22.1 Å². The molecule has 11 N–H and O–H groups in total. The Bertz CT molecular complexity index is 3080. The highest BCUT2D eigenvalue weighted by molar-refractivity contribution is 6.01. The first-order valence-corrected chi connectivity index (χ1v) is 28.7. The lowest BCUT2D eigenvalue weighted by atomic mass is 9.84. The fourth-order valence-electron chi connectivity index (χ4n) is 10.5. The number of hydrogen-bond acceptors (Lipinski definition) is 19. The minimum absolute atomic E-state index is 0.0225. The molecule has 6 rings (SSSR count). The highest BCUT2D eigenvalue weighted by atomic mass is 19.1. The molecule has 466 valence electrons. The molecule has 26 nitrogen and oxygen atoms in total. The Kier molecular flexibility index (Phi) is 23.4. The van der Waals surface area contributed by atoms with Crippen molar-refractivity contribution in [1.29, 1.82) is 0 Å². The third-order valence-electron chi connectivity index (χ3n) is 15.6. The van der Waals surface area contributed by atoms with Crippen molar-refractivity contribution in [3.05, 3.63) is 74.0 Å². The van der Waals surface area contributed by atoms with E-state index in [0.29, 0.717) is 64.3 Å². The molecule has 0 radical (unpaired) electrons. The number of pyridine rings is 2. The van der Waals surface area contributed by atoms with Crippen LogP contribution in [0.15, 0.2) is 29.3 Å². The van der Waals surface area contributed by atoms with E-state index in [1.165, 1.54) is 13.0 Å². The molecule has 1 fully saturated rings. The van der Waals surface area contributed by atoms with Crippen molar-refractivity contribution in [3.63, 3.8) is 0 Å². The van der Waals surface area contributed by atoms with Crippen LogP contribution in [0.5, 0.6) is 0 Å². The number of aliphatic hydroxyl groups excluding tert-OH is 5. The van der Waals surface area contributed by atoms with Crippen LogP contribution in [0.25, 0.3) is 22.3 Å². The first-order chi connectivity index (χ1) is 40.3. The smallest absolute Gasteiger partial charge is 0.333 e. The van der Waals surface area contributed by atoms with Crippen molar-refractivity contribution in [2.24, 2.45) is 5.92 Å². The number of halogens is 1. The fourth-order valence-corrected chi connectivity index (χ4v) is 10.5. The molecular formula is C58H79FN8O18. The van der Waals surface area contributed by atoms with E-state index in [1.807, 2.05) is 6.92 Å². The van der Waals surface area contributed by atoms with Gasteiger partial charge in [0.25, 0.3) is 17.4 Å². The van der Waals surface area contributed by atoms with Crippen LogP contribution >= 0.6 is 0 Å². The minimum Gasteiger partial charge on any atom is -0.490 e. The van der Waals surface area contributed by atoms with Crippen LogP contribution < -0.4 is 32.1 Å². The molecule has 5 heterocycles. The first kappa shape index (κ1) is 66.9. The molecule has 0 saturated carbocycles. The molecule has 3 aliphatic heterocycles. The number of amides is 7. The molecule has 3 aliphatic rings. The summed E-state index contributed by atoms with van der Waals surface area (Å²) in [4.78, 5) is 126. The Labute approximate surface area is 489 Å². The second-order valence-corrected chi connectivity index (χ2v) is 21.9. The van der Waals surface area contributed by atoms with Crippen molar-refractivity contribution < 1.29 is 87.7 Å². The van der Waals surface area contributed by atoms with Gasteiger partial charge in [0.2, 0.25) is 29.5 Å². The molecule has 1 saturated heterocycles. The first-order valence-electron chi connectivity index (χ1n) is 28.7. The van der Waals surface area contributed by atoms with E-state index in [2.05, 4.69) is 33.2 Å². The van der Waals surface area contributed by atoms with Gasteiger partial charge in [-0.3, -0.25) is 38.4 Å². The van der Waals surface area contributed by atoms with Crippen LogP contribution in [0.3, 0.4) is 0 Å². The maximum Gasteiger partial charge on any atom is 0.333 e. The van der Waals surface area contributed by atoms with E-state index in [9.17, 15) is 68.7 Å². The lowest BCUT2D eigenvalue weighted by molar-refractivity contribution is -0.197. The van der Waals surface area contributed by atoms with Gasteiger partial charge in [-0.1, -0.05) is 34.3 Å². The van der Waals surface area contributed by atoms with Crippen molar-refractivity contribution in [3.8, 4) is 11.4 Å². The number of hydroxylamine groups is 2. The molecule has 3 aromatic rings. The van der Waals surface area contributed by atoms with Gasteiger partial charge in [-0.05, 0) is 93.9 Å². The van der Waals surface area contributed by atoms with Gasteiger partial charge in [0.1, 0.15) is 67.0 Å². The number of hydrogen-bond donors (Lipinski definition) is 11. The van der Waals surface area contributed by atoms with Gasteiger partial charge in [0, 0.05) is 67.8 Å². The zero-order valence-electron chi connectivity index (χ0n) is 48.7. The van der Waals surface area contributed by atoms with Crippen molar-refractivity contribution >= 4 is 58.2 Å². The molecule has 8 atom stereocenters. The average Bonchev–Trinajstić information content (AvgIpc) is 1.74. The number of rotatable bonds is 31. The Morgan fingerprint density at radius 3 is 2.18 bits per heavy atom. The number of aryl methyl sites for hydroxylation is 2. The van der Waals surface area contributed by atoms with Gasteiger partial charge in [0.15, 0.2) is 0 Å². The number of carbonyl (C=O) groups is 8. The van der Waals surface area contributed by atoms with Gasteiger partial charge >= 0.3 is 5.97 Å². The van der Waals surface area contributed by atoms with E-state index in [-0.39, 0.29) is 89.2 Å². The lowest BCUT2D eigenvalue weighted by Gasteiger charge is -2.35. The Morgan fingerprint density at radius 2 is 1.52 bits per heavy atom. The van der Waals surface area contributed by atoms with Crippen LogP contribution in [0.1, 0.15) is 139 Å². The molecule has 0 bridgehead atoms. The zero-order valence-corrected chi connectivity index (χ0v) is 48.7. The Balaban J connectivity index is 1.01. The summed E-state index contributed by atoms with van der Waals surface area (Å²) in [6.45, 7) is 12.7. The van der Waals surface area contributed by atoms with Crippen LogP contribution in [0.2, 0.25) is 0 Å². The predicted molar refractivity (Wildman–Crippen MR) is 300 cm³/mol. The topological polar surface area (TPSA) is 384 Å². The number of ether oxygens (including phenoxy) is 2.